The highest BCUT2D eigenvalue weighted by Gasteiger charge is 2.31. The smallest absolute Gasteiger partial charge is 0.369 e. The zero-order valence-corrected chi connectivity index (χ0v) is 13.2. The summed E-state index contributed by atoms with van der Waals surface area (Å²) in [5, 5.41) is 2.83. The van der Waals surface area contributed by atoms with E-state index >= 15 is 0 Å². The third-order valence-electron chi connectivity index (χ3n) is 3.85. The summed E-state index contributed by atoms with van der Waals surface area (Å²) >= 11 is 0. The number of amides is 1. The number of nitrogens with one attached hydrogen (secondary N) is 1. The summed E-state index contributed by atoms with van der Waals surface area (Å²) in [6.07, 6.45) is -3.43. The molecule has 7 heteroatoms. The number of piperazine rings is 1. The van der Waals surface area contributed by atoms with Crippen LogP contribution in [0.2, 0.25) is 0 Å². The number of halogens is 3. The third-order valence-corrected chi connectivity index (χ3v) is 3.85. The fourth-order valence-corrected chi connectivity index (χ4v) is 2.57. The molecule has 0 saturated carbocycles. The summed E-state index contributed by atoms with van der Waals surface area (Å²) < 4.78 is 38.3. The molecule has 0 unspecified atom stereocenters. The maximum Gasteiger partial charge on any atom is 0.416 e. The predicted molar refractivity (Wildman–Crippen MR) is 83.4 cm³/mol. The van der Waals surface area contributed by atoms with Gasteiger partial charge in [-0.25, -0.2) is 0 Å². The summed E-state index contributed by atoms with van der Waals surface area (Å²) in [6, 6.07) is 5.39. The fourth-order valence-electron chi connectivity index (χ4n) is 2.57. The van der Waals surface area contributed by atoms with Crippen molar-refractivity contribution in [3.63, 3.8) is 0 Å². The number of anilines is 1. The van der Waals surface area contributed by atoms with Gasteiger partial charge in [0.1, 0.15) is 0 Å². The van der Waals surface area contributed by atoms with Gasteiger partial charge in [-0.3, -0.25) is 9.69 Å². The maximum absolute atomic E-state index is 12.8. The summed E-state index contributed by atoms with van der Waals surface area (Å²) in [5.74, 6) is -0.000584. The first-order valence-electron chi connectivity index (χ1n) is 7.81. The Hall–Kier alpha value is -1.76. The van der Waals surface area contributed by atoms with Crippen LogP contribution in [0.1, 0.15) is 18.9 Å². The number of carbonyl (C=O) groups is 1. The monoisotopic (exact) mass is 329 g/mol. The molecule has 1 N–H and O–H groups in total. The number of nitrogens with zero attached hydrogens (tertiary/aromatic N) is 2. The van der Waals surface area contributed by atoms with Gasteiger partial charge >= 0.3 is 6.18 Å². The molecule has 0 aromatic heterocycles. The topological polar surface area (TPSA) is 35.6 Å². The molecule has 0 spiro atoms. The molecule has 2 rings (SSSR count). The van der Waals surface area contributed by atoms with Gasteiger partial charge in [-0.05, 0) is 24.6 Å². The molecular weight excluding hydrogens is 307 g/mol. The number of benzene rings is 1. The Balaban J connectivity index is 1.88. The fraction of sp³-hybridized carbons (Fsp3) is 0.562. The van der Waals surface area contributed by atoms with Gasteiger partial charge in [0.15, 0.2) is 0 Å². The normalized spacial score (nSPS) is 16.4. The number of carbonyl (C=O) groups excluding carboxylic acids is 1. The minimum Gasteiger partial charge on any atom is -0.369 e. The first-order chi connectivity index (χ1) is 10.9. The van der Waals surface area contributed by atoms with Crippen molar-refractivity contribution < 1.29 is 18.0 Å². The molecule has 4 nitrogen and oxygen atoms in total. The van der Waals surface area contributed by atoms with Crippen molar-refractivity contribution in [3.8, 4) is 0 Å². The second-order valence-corrected chi connectivity index (χ2v) is 5.66. The molecule has 128 valence electrons. The average Bonchev–Trinajstić information content (AvgIpc) is 2.53. The lowest BCUT2D eigenvalue weighted by molar-refractivity contribution is -0.137. The molecular formula is C16H22F3N3O. The first-order valence-corrected chi connectivity index (χ1v) is 7.81. The van der Waals surface area contributed by atoms with E-state index in [9.17, 15) is 18.0 Å². The van der Waals surface area contributed by atoms with Gasteiger partial charge in [0.05, 0.1) is 12.1 Å². The van der Waals surface area contributed by atoms with Crippen LogP contribution >= 0.6 is 0 Å². The van der Waals surface area contributed by atoms with E-state index in [0.29, 0.717) is 45.0 Å². The summed E-state index contributed by atoms with van der Waals surface area (Å²) in [6.45, 7) is 5.56. The van der Waals surface area contributed by atoms with Crippen molar-refractivity contribution in [1.29, 1.82) is 0 Å². The molecule has 23 heavy (non-hydrogen) atoms. The Bertz CT molecular complexity index is 526. The van der Waals surface area contributed by atoms with Crippen LogP contribution in [0.15, 0.2) is 24.3 Å². The van der Waals surface area contributed by atoms with Gasteiger partial charge in [0.25, 0.3) is 0 Å². The van der Waals surface area contributed by atoms with Gasteiger partial charge in [0.2, 0.25) is 5.91 Å². The van der Waals surface area contributed by atoms with E-state index in [1.807, 2.05) is 16.7 Å². The predicted octanol–water partition coefficient (Wildman–Crippen LogP) is 2.35. The highest BCUT2D eigenvalue weighted by atomic mass is 19.4. The van der Waals surface area contributed by atoms with Gasteiger partial charge < -0.3 is 10.2 Å². The zero-order valence-electron chi connectivity index (χ0n) is 13.2. The van der Waals surface area contributed by atoms with E-state index < -0.39 is 11.7 Å². The van der Waals surface area contributed by atoms with Crippen molar-refractivity contribution in [3.05, 3.63) is 29.8 Å². The van der Waals surface area contributed by atoms with E-state index in [1.165, 1.54) is 12.1 Å². The number of hydrogen-bond donors (Lipinski definition) is 1. The third kappa shape index (κ3) is 5.13. The summed E-state index contributed by atoms with van der Waals surface area (Å²) in [4.78, 5) is 15.6. The van der Waals surface area contributed by atoms with Gasteiger partial charge in [0, 0.05) is 38.4 Å². The lowest BCUT2D eigenvalue weighted by Crippen LogP contribution is -2.49. The zero-order chi connectivity index (χ0) is 16.9. The summed E-state index contributed by atoms with van der Waals surface area (Å²) in [7, 11) is 0. The van der Waals surface area contributed by atoms with E-state index in [4.69, 9.17) is 0 Å². The Morgan fingerprint density at radius 3 is 2.52 bits per heavy atom. The molecule has 1 aromatic rings. The first kappa shape index (κ1) is 17.6. The van der Waals surface area contributed by atoms with Crippen LogP contribution in [0, 0.1) is 0 Å². The van der Waals surface area contributed by atoms with Crippen molar-refractivity contribution in [2.45, 2.75) is 19.5 Å². The minimum atomic E-state index is -4.32. The molecule has 1 aliphatic rings. The van der Waals surface area contributed by atoms with Crippen LogP contribution in [0.5, 0.6) is 0 Å². The van der Waals surface area contributed by atoms with Crippen LogP contribution in [0.3, 0.4) is 0 Å². The molecule has 1 aliphatic heterocycles. The Morgan fingerprint density at radius 1 is 1.22 bits per heavy atom. The van der Waals surface area contributed by atoms with Crippen LogP contribution < -0.4 is 10.2 Å². The Labute approximate surface area is 134 Å². The quantitative estimate of drug-likeness (QED) is 0.901. The lowest BCUT2D eigenvalue weighted by atomic mass is 10.1. The van der Waals surface area contributed by atoms with Crippen molar-refractivity contribution in [1.82, 2.24) is 10.2 Å². The second kappa shape index (κ2) is 7.68. The van der Waals surface area contributed by atoms with Crippen molar-refractivity contribution in [2.24, 2.45) is 0 Å². The van der Waals surface area contributed by atoms with Crippen molar-refractivity contribution >= 4 is 11.6 Å². The van der Waals surface area contributed by atoms with E-state index in [2.05, 4.69) is 5.32 Å². The van der Waals surface area contributed by atoms with Crippen molar-refractivity contribution in [2.75, 3.05) is 44.2 Å². The number of alkyl halides is 3. The van der Waals surface area contributed by atoms with Crippen LogP contribution in [-0.4, -0.2) is 50.1 Å². The molecule has 0 atom stereocenters. The molecule has 1 heterocycles. The molecule has 0 aliphatic carbocycles. The number of rotatable bonds is 5. The largest absolute Gasteiger partial charge is 0.416 e. The molecule has 1 saturated heterocycles. The SMILES string of the molecule is CCCNC(=O)CN1CCN(c2cccc(C(F)(F)F)c2)CC1. The van der Waals surface area contributed by atoms with Crippen LogP contribution in [-0.2, 0) is 11.0 Å². The van der Waals surface area contributed by atoms with Crippen LogP contribution in [0.4, 0.5) is 18.9 Å². The molecule has 0 bridgehead atoms. The van der Waals surface area contributed by atoms with E-state index in [0.717, 1.165) is 12.5 Å². The Kier molecular flexibility index (Phi) is 5.87. The maximum atomic E-state index is 12.8. The second-order valence-electron chi connectivity index (χ2n) is 5.66. The van der Waals surface area contributed by atoms with Gasteiger partial charge in [-0.15, -0.1) is 0 Å². The number of hydrogen-bond acceptors (Lipinski definition) is 3. The lowest BCUT2D eigenvalue weighted by Gasteiger charge is -2.36. The molecule has 1 amide bonds. The molecule has 1 fully saturated rings. The molecule has 0 radical (unpaired) electrons. The average molecular weight is 329 g/mol. The van der Waals surface area contributed by atoms with Gasteiger partial charge in [-0.1, -0.05) is 13.0 Å². The standard InChI is InChI=1S/C16H22F3N3O/c1-2-6-20-15(23)12-21-7-9-22(10-8-21)14-5-3-4-13(11-14)16(17,18)19/h3-5,11H,2,6-10,12H2,1H3,(H,20,23). The Morgan fingerprint density at radius 2 is 1.91 bits per heavy atom. The highest BCUT2D eigenvalue weighted by molar-refractivity contribution is 5.78. The highest BCUT2D eigenvalue weighted by Crippen LogP contribution is 2.31. The van der Waals surface area contributed by atoms with E-state index in [-0.39, 0.29) is 5.91 Å². The van der Waals surface area contributed by atoms with Crippen LogP contribution in [0.25, 0.3) is 0 Å². The minimum absolute atomic E-state index is 0.000584. The summed E-state index contributed by atoms with van der Waals surface area (Å²) in [5.41, 5.74) is -0.0497. The van der Waals surface area contributed by atoms with Gasteiger partial charge in [-0.2, -0.15) is 13.2 Å². The van der Waals surface area contributed by atoms with E-state index in [1.54, 1.807) is 6.07 Å². The molecule has 1 aromatic carbocycles.